The average Bonchev–Trinajstić information content (AvgIpc) is 1.89. The van der Waals surface area contributed by atoms with Crippen molar-refractivity contribution in [2.45, 2.75) is 13.8 Å². The Morgan fingerprint density at radius 1 is 1.67 bits per heavy atom. The van der Waals surface area contributed by atoms with Gasteiger partial charge in [0, 0.05) is 6.21 Å². The lowest BCUT2D eigenvalue weighted by Gasteiger charge is -1.84. The Labute approximate surface area is 56.8 Å². The van der Waals surface area contributed by atoms with Crippen molar-refractivity contribution in [2.24, 2.45) is 4.99 Å². The number of hydrogen-bond acceptors (Lipinski definition) is 1. The monoisotopic (exact) mass is 123 g/mol. The van der Waals surface area contributed by atoms with Gasteiger partial charge in [-0.2, -0.15) is 0 Å². The SMILES string of the molecule is C=CC/N=C\C(C)=C/C. The van der Waals surface area contributed by atoms with Crippen molar-refractivity contribution in [1.82, 2.24) is 0 Å². The van der Waals surface area contributed by atoms with E-state index < -0.39 is 0 Å². The summed E-state index contributed by atoms with van der Waals surface area (Å²) in [5.41, 5.74) is 1.19. The molecule has 0 aliphatic heterocycles. The normalized spacial score (nSPS) is 12.4. The Hall–Kier alpha value is -0.850. The van der Waals surface area contributed by atoms with Gasteiger partial charge in [0.25, 0.3) is 0 Å². The first-order chi connectivity index (χ1) is 4.31. The Morgan fingerprint density at radius 2 is 2.33 bits per heavy atom. The van der Waals surface area contributed by atoms with Crippen LogP contribution in [0.4, 0.5) is 0 Å². The largest absolute Gasteiger partial charge is 0.289 e. The zero-order valence-corrected chi connectivity index (χ0v) is 6.09. The van der Waals surface area contributed by atoms with Gasteiger partial charge in [0.15, 0.2) is 0 Å². The van der Waals surface area contributed by atoms with Gasteiger partial charge in [0.1, 0.15) is 0 Å². The molecule has 0 bridgehead atoms. The van der Waals surface area contributed by atoms with E-state index in [4.69, 9.17) is 0 Å². The first-order valence-corrected chi connectivity index (χ1v) is 3.05. The lowest BCUT2D eigenvalue weighted by Crippen LogP contribution is -1.77. The van der Waals surface area contributed by atoms with Gasteiger partial charge >= 0.3 is 0 Å². The second kappa shape index (κ2) is 5.29. The van der Waals surface area contributed by atoms with Crippen LogP contribution in [0, 0.1) is 0 Å². The standard InChI is InChI=1S/C8H13N/c1-4-6-9-7-8(3)5-2/h4-5,7H,1,6H2,2-3H3/b8-5-,9-7-. The number of hydrogen-bond donors (Lipinski definition) is 0. The predicted octanol–water partition coefficient (Wildman–Crippen LogP) is 2.21. The maximum absolute atomic E-state index is 4.05. The minimum Gasteiger partial charge on any atom is -0.289 e. The fraction of sp³-hybridized carbons (Fsp3) is 0.375. The van der Waals surface area contributed by atoms with Crippen molar-refractivity contribution in [2.75, 3.05) is 6.54 Å². The van der Waals surface area contributed by atoms with Crippen LogP contribution in [-0.4, -0.2) is 12.8 Å². The maximum Gasteiger partial charge on any atom is 0.0567 e. The van der Waals surface area contributed by atoms with Crippen molar-refractivity contribution in [3.8, 4) is 0 Å². The molecule has 9 heavy (non-hydrogen) atoms. The Kier molecular flexibility index (Phi) is 4.79. The highest BCUT2D eigenvalue weighted by molar-refractivity contribution is 5.77. The van der Waals surface area contributed by atoms with E-state index >= 15 is 0 Å². The molecule has 0 aliphatic carbocycles. The third-order valence-corrected chi connectivity index (χ3v) is 0.985. The van der Waals surface area contributed by atoms with Gasteiger partial charge in [-0.05, 0) is 19.4 Å². The summed E-state index contributed by atoms with van der Waals surface area (Å²) in [6.07, 6.45) is 5.65. The summed E-state index contributed by atoms with van der Waals surface area (Å²) in [5, 5.41) is 0. The topological polar surface area (TPSA) is 12.4 Å². The van der Waals surface area contributed by atoms with Crippen molar-refractivity contribution >= 4 is 6.21 Å². The van der Waals surface area contributed by atoms with E-state index in [2.05, 4.69) is 11.6 Å². The fourth-order valence-electron chi connectivity index (χ4n) is 0.346. The van der Waals surface area contributed by atoms with Crippen LogP contribution in [0.2, 0.25) is 0 Å². The van der Waals surface area contributed by atoms with Crippen molar-refractivity contribution in [3.05, 3.63) is 24.3 Å². The molecule has 50 valence electrons. The Morgan fingerprint density at radius 3 is 2.78 bits per heavy atom. The molecular formula is C8H13N. The van der Waals surface area contributed by atoms with E-state index in [9.17, 15) is 0 Å². The van der Waals surface area contributed by atoms with Gasteiger partial charge in [-0.1, -0.05) is 12.2 Å². The fourth-order valence-corrected chi connectivity index (χ4v) is 0.346. The molecule has 0 saturated heterocycles. The van der Waals surface area contributed by atoms with Crippen LogP contribution in [0.25, 0.3) is 0 Å². The van der Waals surface area contributed by atoms with Crippen LogP contribution >= 0.6 is 0 Å². The number of nitrogens with zero attached hydrogens (tertiary/aromatic N) is 1. The number of allylic oxidation sites excluding steroid dienone is 2. The minimum absolute atomic E-state index is 0.713. The molecule has 0 radical (unpaired) electrons. The quantitative estimate of drug-likeness (QED) is 0.403. The minimum atomic E-state index is 0.713. The van der Waals surface area contributed by atoms with Gasteiger partial charge in [0.2, 0.25) is 0 Å². The average molecular weight is 123 g/mol. The van der Waals surface area contributed by atoms with Crippen LogP contribution in [0.3, 0.4) is 0 Å². The summed E-state index contributed by atoms with van der Waals surface area (Å²) in [4.78, 5) is 4.05. The molecule has 0 atom stereocenters. The summed E-state index contributed by atoms with van der Waals surface area (Å²) in [6.45, 7) is 8.28. The molecule has 0 unspecified atom stereocenters. The molecule has 1 nitrogen and oxygen atoms in total. The summed E-state index contributed by atoms with van der Waals surface area (Å²) >= 11 is 0. The molecule has 0 N–H and O–H groups in total. The van der Waals surface area contributed by atoms with E-state index in [0.29, 0.717) is 6.54 Å². The van der Waals surface area contributed by atoms with Crippen molar-refractivity contribution in [3.63, 3.8) is 0 Å². The summed E-state index contributed by atoms with van der Waals surface area (Å²) in [5.74, 6) is 0. The van der Waals surface area contributed by atoms with Gasteiger partial charge in [0.05, 0.1) is 6.54 Å². The molecule has 0 aromatic rings. The molecular weight excluding hydrogens is 110 g/mol. The van der Waals surface area contributed by atoms with Crippen LogP contribution in [0.5, 0.6) is 0 Å². The van der Waals surface area contributed by atoms with Gasteiger partial charge < -0.3 is 0 Å². The Bertz CT molecular complexity index is 132. The molecule has 0 heterocycles. The number of rotatable bonds is 3. The van der Waals surface area contributed by atoms with Crippen LogP contribution in [0.1, 0.15) is 13.8 Å². The first kappa shape index (κ1) is 8.15. The zero-order chi connectivity index (χ0) is 7.11. The molecule has 0 saturated carbocycles. The molecule has 0 spiro atoms. The highest BCUT2D eigenvalue weighted by Crippen LogP contribution is 1.84. The van der Waals surface area contributed by atoms with E-state index in [1.165, 1.54) is 5.57 Å². The van der Waals surface area contributed by atoms with Crippen LogP contribution in [-0.2, 0) is 0 Å². The molecule has 0 aromatic heterocycles. The van der Waals surface area contributed by atoms with E-state index in [1.807, 2.05) is 26.1 Å². The highest BCUT2D eigenvalue weighted by Gasteiger charge is 1.74. The van der Waals surface area contributed by atoms with Crippen molar-refractivity contribution < 1.29 is 0 Å². The lowest BCUT2D eigenvalue weighted by atomic mass is 10.3. The van der Waals surface area contributed by atoms with Crippen LogP contribution < -0.4 is 0 Å². The predicted molar refractivity (Wildman–Crippen MR) is 43.0 cm³/mol. The zero-order valence-electron chi connectivity index (χ0n) is 6.09. The molecule has 0 amide bonds. The Balaban J connectivity index is 3.56. The van der Waals surface area contributed by atoms with E-state index in [1.54, 1.807) is 6.08 Å². The smallest absolute Gasteiger partial charge is 0.0567 e. The summed E-state index contributed by atoms with van der Waals surface area (Å²) < 4.78 is 0. The first-order valence-electron chi connectivity index (χ1n) is 3.05. The molecule has 0 fully saturated rings. The number of aliphatic imine (C=N–C) groups is 1. The molecule has 0 aromatic carbocycles. The summed E-state index contributed by atoms with van der Waals surface area (Å²) in [6, 6.07) is 0. The summed E-state index contributed by atoms with van der Waals surface area (Å²) in [7, 11) is 0. The molecule has 0 rings (SSSR count). The van der Waals surface area contributed by atoms with Crippen molar-refractivity contribution in [1.29, 1.82) is 0 Å². The van der Waals surface area contributed by atoms with Crippen LogP contribution in [0.15, 0.2) is 29.3 Å². The molecule has 0 aliphatic rings. The maximum atomic E-state index is 4.05. The highest BCUT2D eigenvalue weighted by atomic mass is 14.7. The van der Waals surface area contributed by atoms with Gasteiger partial charge in [-0.15, -0.1) is 6.58 Å². The van der Waals surface area contributed by atoms with Gasteiger partial charge in [-0.25, -0.2) is 0 Å². The second-order valence-electron chi connectivity index (χ2n) is 1.82. The van der Waals surface area contributed by atoms with E-state index in [0.717, 1.165) is 0 Å². The third kappa shape index (κ3) is 5.01. The lowest BCUT2D eigenvalue weighted by molar-refractivity contribution is 1.26. The third-order valence-electron chi connectivity index (χ3n) is 0.985. The van der Waals surface area contributed by atoms with Gasteiger partial charge in [-0.3, -0.25) is 4.99 Å². The van der Waals surface area contributed by atoms with E-state index in [-0.39, 0.29) is 0 Å². The second-order valence-corrected chi connectivity index (χ2v) is 1.82. The molecule has 1 heteroatoms.